The van der Waals surface area contributed by atoms with E-state index < -0.39 is 30.1 Å². The van der Waals surface area contributed by atoms with Gasteiger partial charge in [0.1, 0.15) is 18.7 Å². The van der Waals surface area contributed by atoms with Gasteiger partial charge in [0.05, 0.1) is 0 Å². The summed E-state index contributed by atoms with van der Waals surface area (Å²) in [6.45, 7) is 1.69. The van der Waals surface area contributed by atoms with Crippen LogP contribution in [0.1, 0.15) is 25.3 Å². The normalized spacial score (nSPS) is 12.3. The van der Waals surface area contributed by atoms with Gasteiger partial charge in [-0.1, -0.05) is 30.3 Å². The van der Waals surface area contributed by atoms with Gasteiger partial charge in [-0.3, -0.25) is 15.0 Å². The number of nitrogens with one attached hydrogen (secondary N) is 4. The molecule has 10 heteroatoms. The maximum Gasteiger partial charge on any atom is 0.408 e. The predicted molar refractivity (Wildman–Crippen MR) is 97.9 cm³/mol. The van der Waals surface area contributed by atoms with Crippen LogP contribution in [-0.4, -0.2) is 47.7 Å². The molecule has 27 heavy (non-hydrogen) atoms. The van der Waals surface area contributed by atoms with Crippen LogP contribution in [-0.2, 0) is 20.9 Å². The van der Waals surface area contributed by atoms with Crippen molar-refractivity contribution in [1.29, 1.82) is 5.41 Å². The fourth-order valence-electron chi connectivity index (χ4n) is 2.08. The first-order chi connectivity index (χ1) is 12.8. The molecule has 2 amide bonds. The molecule has 0 saturated heterocycles. The summed E-state index contributed by atoms with van der Waals surface area (Å²) in [5.74, 6) is -2.03. The number of carboxylic acids is 1. The number of ether oxygens (including phenoxy) is 1. The molecule has 0 aliphatic heterocycles. The average Bonchev–Trinajstić information content (AvgIpc) is 2.62. The van der Waals surface area contributed by atoms with Crippen LogP contribution in [0.2, 0.25) is 0 Å². The van der Waals surface area contributed by atoms with E-state index in [0.29, 0.717) is 13.0 Å². The molecule has 0 unspecified atom stereocenters. The predicted octanol–water partition coefficient (Wildman–Crippen LogP) is 0.134. The van der Waals surface area contributed by atoms with Crippen LogP contribution < -0.4 is 21.7 Å². The van der Waals surface area contributed by atoms with E-state index in [2.05, 4.69) is 16.0 Å². The Morgan fingerprint density at radius 3 is 2.48 bits per heavy atom. The second kappa shape index (κ2) is 11.3. The quantitative estimate of drug-likeness (QED) is 0.191. The Balaban J connectivity index is 2.59. The zero-order chi connectivity index (χ0) is 20.2. The van der Waals surface area contributed by atoms with Gasteiger partial charge in [-0.25, -0.2) is 4.79 Å². The lowest BCUT2D eigenvalue weighted by Crippen LogP contribution is -2.51. The first-order valence-electron chi connectivity index (χ1n) is 8.38. The first-order valence-corrected chi connectivity index (χ1v) is 8.38. The van der Waals surface area contributed by atoms with Crippen LogP contribution >= 0.6 is 0 Å². The van der Waals surface area contributed by atoms with Crippen molar-refractivity contribution in [1.82, 2.24) is 16.0 Å². The van der Waals surface area contributed by atoms with E-state index in [0.717, 1.165) is 5.56 Å². The number of aliphatic carboxylic acids is 1. The van der Waals surface area contributed by atoms with E-state index in [9.17, 15) is 14.4 Å². The number of nitrogens with two attached hydrogens (primary N) is 1. The van der Waals surface area contributed by atoms with E-state index in [4.69, 9.17) is 21.0 Å². The van der Waals surface area contributed by atoms with E-state index in [1.165, 1.54) is 6.92 Å². The lowest BCUT2D eigenvalue weighted by Gasteiger charge is -2.20. The summed E-state index contributed by atoms with van der Waals surface area (Å²) in [6.07, 6.45) is -0.168. The van der Waals surface area contributed by atoms with Gasteiger partial charge in [-0.2, -0.15) is 0 Å². The second-order valence-corrected chi connectivity index (χ2v) is 5.81. The molecule has 148 valence electrons. The molecule has 1 aromatic carbocycles. The highest BCUT2D eigenvalue weighted by Gasteiger charge is 2.24. The molecule has 7 N–H and O–H groups in total. The summed E-state index contributed by atoms with van der Waals surface area (Å²) < 4.78 is 5.09. The number of rotatable bonds is 10. The minimum atomic E-state index is -1.19. The number of carbonyl (C=O) groups excluding carboxylic acids is 2. The fourth-order valence-corrected chi connectivity index (χ4v) is 2.08. The number of benzene rings is 1. The Morgan fingerprint density at radius 2 is 1.89 bits per heavy atom. The molecule has 0 radical (unpaired) electrons. The molecule has 0 aliphatic rings. The Bertz CT molecular complexity index is 652. The van der Waals surface area contributed by atoms with Crippen molar-refractivity contribution >= 4 is 23.9 Å². The van der Waals surface area contributed by atoms with Crippen molar-refractivity contribution in [2.24, 2.45) is 5.73 Å². The number of hydrogen-bond donors (Lipinski definition) is 6. The van der Waals surface area contributed by atoms with Crippen LogP contribution in [0.3, 0.4) is 0 Å². The molecule has 0 saturated carbocycles. The largest absolute Gasteiger partial charge is 0.480 e. The van der Waals surface area contributed by atoms with Gasteiger partial charge in [0.15, 0.2) is 5.96 Å². The van der Waals surface area contributed by atoms with Crippen molar-refractivity contribution < 1.29 is 24.2 Å². The average molecular weight is 379 g/mol. The van der Waals surface area contributed by atoms with Crippen LogP contribution in [0.5, 0.6) is 0 Å². The lowest BCUT2D eigenvalue weighted by atomic mass is 10.1. The summed E-state index contributed by atoms with van der Waals surface area (Å²) in [5.41, 5.74) is 5.97. The number of guanidine groups is 1. The van der Waals surface area contributed by atoms with Crippen molar-refractivity contribution in [3.05, 3.63) is 35.9 Å². The smallest absolute Gasteiger partial charge is 0.408 e. The van der Waals surface area contributed by atoms with Gasteiger partial charge in [0.2, 0.25) is 5.91 Å². The highest BCUT2D eigenvalue weighted by atomic mass is 16.5. The van der Waals surface area contributed by atoms with Gasteiger partial charge in [-0.15, -0.1) is 0 Å². The summed E-state index contributed by atoms with van der Waals surface area (Å²) >= 11 is 0. The Hall–Kier alpha value is -3.30. The highest BCUT2D eigenvalue weighted by Crippen LogP contribution is 2.03. The van der Waals surface area contributed by atoms with Crippen LogP contribution in [0, 0.1) is 5.41 Å². The molecule has 1 rings (SSSR count). The number of amides is 2. The molecule has 10 nitrogen and oxygen atoms in total. The number of hydrogen-bond acceptors (Lipinski definition) is 5. The topological polar surface area (TPSA) is 167 Å². The highest BCUT2D eigenvalue weighted by molar-refractivity contribution is 5.89. The van der Waals surface area contributed by atoms with Crippen molar-refractivity contribution in [2.45, 2.75) is 38.5 Å². The fraction of sp³-hybridized carbons (Fsp3) is 0.412. The van der Waals surface area contributed by atoms with E-state index in [1.807, 2.05) is 18.2 Å². The summed E-state index contributed by atoms with van der Waals surface area (Å²) in [4.78, 5) is 35.2. The molecule has 0 spiro atoms. The minimum Gasteiger partial charge on any atom is -0.480 e. The zero-order valence-electron chi connectivity index (χ0n) is 15.0. The Labute approximate surface area is 157 Å². The molecule has 0 fully saturated rings. The van der Waals surface area contributed by atoms with Crippen molar-refractivity contribution in [3.63, 3.8) is 0 Å². The van der Waals surface area contributed by atoms with Gasteiger partial charge >= 0.3 is 12.1 Å². The zero-order valence-corrected chi connectivity index (χ0v) is 15.0. The van der Waals surface area contributed by atoms with E-state index in [1.54, 1.807) is 12.1 Å². The van der Waals surface area contributed by atoms with E-state index in [-0.39, 0.29) is 19.0 Å². The van der Waals surface area contributed by atoms with Crippen molar-refractivity contribution in [3.8, 4) is 0 Å². The molecule has 0 bridgehead atoms. The first kappa shape index (κ1) is 21.7. The molecule has 1 aromatic rings. The standard InChI is InChI=1S/C17H25N5O5/c1-11(15(24)25)21-14(23)13(8-5-9-20-16(18)19)22-17(26)27-10-12-6-3-2-4-7-12/h2-4,6-7,11,13H,5,8-10H2,1H3,(H,21,23)(H,22,26)(H,24,25)(H4,18,19,20)/t11-,13-/m0/s1. The molecule has 0 aliphatic carbocycles. The molecular formula is C17H25N5O5. The third-order valence-electron chi connectivity index (χ3n) is 3.54. The van der Waals surface area contributed by atoms with Crippen molar-refractivity contribution in [2.75, 3.05) is 6.54 Å². The van der Waals surface area contributed by atoms with Gasteiger partial charge in [-0.05, 0) is 25.3 Å². The molecule has 0 aromatic heterocycles. The third kappa shape index (κ3) is 9.10. The second-order valence-electron chi connectivity index (χ2n) is 5.81. The lowest BCUT2D eigenvalue weighted by molar-refractivity contribution is -0.141. The van der Waals surface area contributed by atoms with E-state index >= 15 is 0 Å². The molecular weight excluding hydrogens is 354 g/mol. The Kier molecular flexibility index (Phi) is 9.13. The third-order valence-corrected chi connectivity index (χ3v) is 3.54. The molecule has 2 atom stereocenters. The number of carboxylic acid groups (broad SMARTS) is 1. The SMILES string of the molecule is C[C@H](NC(=O)[C@H](CCCNC(=N)N)NC(=O)OCc1ccccc1)C(=O)O. The van der Waals surface area contributed by atoms with Gasteiger partial charge in [0, 0.05) is 6.54 Å². The monoisotopic (exact) mass is 379 g/mol. The number of carbonyl (C=O) groups is 3. The molecule has 0 heterocycles. The van der Waals surface area contributed by atoms with Crippen LogP contribution in [0.4, 0.5) is 4.79 Å². The maximum atomic E-state index is 12.3. The minimum absolute atomic E-state index is 0.0401. The number of alkyl carbamates (subject to hydrolysis) is 1. The van der Waals surface area contributed by atoms with Crippen LogP contribution in [0.25, 0.3) is 0 Å². The van der Waals surface area contributed by atoms with Gasteiger partial charge < -0.3 is 31.5 Å². The maximum absolute atomic E-state index is 12.3. The summed E-state index contributed by atoms with van der Waals surface area (Å²) in [5, 5.41) is 23.3. The Morgan fingerprint density at radius 1 is 1.22 bits per heavy atom. The summed E-state index contributed by atoms with van der Waals surface area (Å²) in [6, 6.07) is 6.95. The summed E-state index contributed by atoms with van der Waals surface area (Å²) in [7, 11) is 0. The van der Waals surface area contributed by atoms with Crippen LogP contribution in [0.15, 0.2) is 30.3 Å². The van der Waals surface area contributed by atoms with Gasteiger partial charge in [0.25, 0.3) is 0 Å².